The summed E-state index contributed by atoms with van der Waals surface area (Å²) in [6.45, 7) is 2.00. The van der Waals surface area contributed by atoms with Crippen molar-refractivity contribution in [2.24, 2.45) is 7.05 Å². The van der Waals surface area contributed by atoms with Crippen molar-refractivity contribution < 1.29 is 0 Å². The minimum atomic E-state index is 0.0205. The number of hydrogen-bond acceptors (Lipinski definition) is 5. The Balaban J connectivity index is 2.34. The Kier molecular flexibility index (Phi) is 2.36. The van der Waals surface area contributed by atoms with Crippen molar-refractivity contribution in [2.75, 3.05) is 12.4 Å². The highest BCUT2D eigenvalue weighted by Crippen LogP contribution is 2.15. The third kappa shape index (κ3) is 1.56. The van der Waals surface area contributed by atoms with Crippen LogP contribution in [0, 0.1) is 0 Å². The molecule has 7 heteroatoms. The molecule has 2 heterocycles. The molecule has 0 amide bonds. The van der Waals surface area contributed by atoms with Crippen molar-refractivity contribution in [3.05, 3.63) is 18.5 Å². The first kappa shape index (κ1) is 9.63. The van der Waals surface area contributed by atoms with Gasteiger partial charge in [-0.2, -0.15) is 5.10 Å². The van der Waals surface area contributed by atoms with Crippen LogP contribution in [0.2, 0.25) is 0 Å². The Bertz CT molecular complexity index is 430. The lowest BCUT2D eigenvalue weighted by Gasteiger charge is -2.10. The highest BCUT2D eigenvalue weighted by atomic mass is 15.4. The average Bonchev–Trinajstić information content (AvgIpc) is 2.85. The third-order valence-corrected chi connectivity index (χ3v) is 2.34. The van der Waals surface area contributed by atoms with Crippen LogP contribution in [0.4, 0.5) is 5.95 Å². The number of hydrogen-bond donors (Lipinski definition) is 1. The summed E-state index contributed by atoms with van der Waals surface area (Å²) >= 11 is 0. The van der Waals surface area contributed by atoms with Crippen LogP contribution in [0.25, 0.3) is 0 Å². The number of nitrogens with one attached hydrogen (secondary N) is 1. The van der Waals surface area contributed by atoms with Gasteiger partial charge in [-0.25, -0.2) is 9.67 Å². The second-order valence-corrected chi connectivity index (χ2v) is 3.24. The van der Waals surface area contributed by atoms with Gasteiger partial charge in [0, 0.05) is 14.1 Å². The fourth-order valence-electron chi connectivity index (χ4n) is 1.46. The van der Waals surface area contributed by atoms with Crippen molar-refractivity contribution >= 4 is 5.95 Å². The Hall–Kier alpha value is -1.92. The van der Waals surface area contributed by atoms with Crippen molar-refractivity contribution in [1.82, 2.24) is 29.5 Å². The highest BCUT2D eigenvalue weighted by Gasteiger charge is 2.16. The van der Waals surface area contributed by atoms with Gasteiger partial charge in [-0.1, -0.05) is 0 Å². The quantitative estimate of drug-likeness (QED) is 0.770. The minimum Gasteiger partial charge on any atom is -0.357 e. The van der Waals surface area contributed by atoms with E-state index < -0.39 is 0 Å². The Morgan fingerprint density at radius 3 is 2.73 bits per heavy atom. The zero-order chi connectivity index (χ0) is 10.8. The predicted octanol–water partition coefficient (Wildman–Crippen LogP) is 0.0576. The first-order chi connectivity index (χ1) is 7.24. The van der Waals surface area contributed by atoms with E-state index in [0.29, 0.717) is 0 Å². The van der Waals surface area contributed by atoms with E-state index >= 15 is 0 Å². The Morgan fingerprint density at radius 2 is 2.20 bits per heavy atom. The molecule has 0 aromatic carbocycles. The maximum Gasteiger partial charge on any atom is 0.224 e. The van der Waals surface area contributed by atoms with E-state index in [1.165, 1.54) is 6.33 Å². The molecule has 2 aromatic rings. The van der Waals surface area contributed by atoms with E-state index in [2.05, 4.69) is 25.6 Å². The molecule has 0 aliphatic carbocycles. The summed E-state index contributed by atoms with van der Waals surface area (Å²) in [5.41, 5.74) is 0. The zero-order valence-electron chi connectivity index (χ0n) is 8.92. The molecule has 15 heavy (non-hydrogen) atoms. The molecule has 0 radical (unpaired) electrons. The SMILES string of the molecule is CNc1nnc(C(C)n2cncn2)n1C. The second-order valence-electron chi connectivity index (χ2n) is 3.24. The topological polar surface area (TPSA) is 73.5 Å². The van der Waals surface area contributed by atoms with Gasteiger partial charge < -0.3 is 5.32 Å². The van der Waals surface area contributed by atoms with Crippen LogP contribution in [-0.2, 0) is 7.05 Å². The van der Waals surface area contributed by atoms with Gasteiger partial charge in [0.2, 0.25) is 5.95 Å². The number of aromatic nitrogens is 6. The summed E-state index contributed by atoms with van der Waals surface area (Å²) < 4.78 is 3.63. The van der Waals surface area contributed by atoms with E-state index in [9.17, 15) is 0 Å². The van der Waals surface area contributed by atoms with Crippen molar-refractivity contribution in [2.45, 2.75) is 13.0 Å². The summed E-state index contributed by atoms with van der Waals surface area (Å²) in [5, 5.41) is 15.1. The van der Waals surface area contributed by atoms with Crippen LogP contribution < -0.4 is 5.32 Å². The van der Waals surface area contributed by atoms with Crippen LogP contribution in [0.3, 0.4) is 0 Å². The van der Waals surface area contributed by atoms with Gasteiger partial charge in [0.25, 0.3) is 0 Å². The summed E-state index contributed by atoms with van der Waals surface area (Å²) in [6.07, 6.45) is 3.17. The van der Waals surface area contributed by atoms with Crippen LogP contribution in [0.15, 0.2) is 12.7 Å². The molecule has 0 aliphatic heterocycles. The number of anilines is 1. The summed E-state index contributed by atoms with van der Waals surface area (Å²) in [4.78, 5) is 3.90. The van der Waals surface area contributed by atoms with E-state index in [4.69, 9.17) is 0 Å². The molecule has 0 saturated carbocycles. The average molecular weight is 207 g/mol. The molecule has 0 saturated heterocycles. The molecule has 1 atom stereocenters. The van der Waals surface area contributed by atoms with Crippen LogP contribution >= 0.6 is 0 Å². The fourth-order valence-corrected chi connectivity index (χ4v) is 1.46. The first-order valence-electron chi connectivity index (χ1n) is 4.65. The summed E-state index contributed by atoms with van der Waals surface area (Å²) in [5.74, 6) is 1.57. The molecule has 2 aromatic heterocycles. The smallest absolute Gasteiger partial charge is 0.224 e. The molecule has 0 bridgehead atoms. The molecular formula is C8H13N7. The Morgan fingerprint density at radius 1 is 1.40 bits per heavy atom. The van der Waals surface area contributed by atoms with Crippen molar-refractivity contribution in [3.63, 3.8) is 0 Å². The molecular weight excluding hydrogens is 194 g/mol. The van der Waals surface area contributed by atoms with Gasteiger partial charge in [-0.3, -0.25) is 4.57 Å². The maximum absolute atomic E-state index is 4.10. The largest absolute Gasteiger partial charge is 0.357 e. The summed E-state index contributed by atoms with van der Waals surface area (Å²) in [6, 6.07) is 0.0205. The molecule has 2 rings (SSSR count). The zero-order valence-corrected chi connectivity index (χ0v) is 8.92. The second kappa shape index (κ2) is 3.68. The molecule has 0 fully saturated rings. The minimum absolute atomic E-state index is 0.0205. The maximum atomic E-state index is 4.10. The van der Waals surface area contributed by atoms with Gasteiger partial charge in [-0.05, 0) is 6.92 Å². The standard InChI is InChI=1S/C8H13N7/c1-6(15-5-10-4-11-15)7-12-13-8(9-2)14(7)3/h4-6H,1-3H3,(H,9,13). The van der Waals surface area contributed by atoms with Crippen molar-refractivity contribution in [1.29, 1.82) is 0 Å². The lowest BCUT2D eigenvalue weighted by Crippen LogP contribution is -2.13. The van der Waals surface area contributed by atoms with E-state index in [1.54, 1.807) is 11.0 Å². The molecule has 80 valence electrons. The lowest BCUT2D eigenvalue weighted by atomic mass is 10.3. The van der Waals surface area contributed by atoms with Crippen LogP contribution in [-0.4, -0.2) is 36.6 Å². The van der Waals surface area contributed by atoms with Crippen LogP contribution in [0.5, 0.6) is 0 Å². The van der Waals surface area contributed by atoms with Gasteiger partial charge in [-0.15, -0.1) is 10.2 Å². The van der Waals surface area contributed by atoms with Gasteiger partial charge in [0.1, 0.15) is 18.7 Å². The predicted molar refractivity (Wildman–Crippen MR) is 54.4 cm³/mol. The number of nitrogens with zero attached hydrogens (tertiary/aromatic N) is 6. The third-order valence-electron chi connectivity index (χ3n) is 2.34. The number of rotatable bonds is 3. The van der Waals surface area contributed by atoms with Gasteiger partial charge >= 0.3 is 0 Å². The molecule has 1 N–H and O–H groups in total. The van der Waals surface area contributed by atoms with Gasteiger partial charge in [0.05, 0.1) is 0 Å². The van der Waals surface area contributed by atoms with E-state index in [-0.39, 0.29) is 6.04 Å². The van der Waals surface area contributed by atoms with E-state index in [0.717, 1.165) is 11.8 Å². The highest BCUT2D eigenvalue weighted by molar-refractivity contribution is 5.24. The van der Waals surface area contributed by atoms with E-state index in [1.807, 2.05) is 25.6 Å². The summed E-state index contributed by atoms with van der Waals surface area (Å²) in [7, 11) is 3.72. The fraction of sp³-hybridized carbons (Fsp3) is 0.500. The van der Waals surface area contributed by atoms with Crippen molar-refractivity contribution in [3.8, 4) is 0 Å². The first-order valence-corrected chi connectivity index (χ1v) is 4.65. The molecule has 7 nitrogen and oxygen atoms in total. The normalized spacial score (nSPS) is 12.7. The molecule has 0 aliphatic rings. The van der Waals surface area contributed by atoms with Crippen LogP contribution in [0.1, 0.15) is 18.8 Å². The lowest BCUT2D eigenvalue weighted by molar-refractivity contribution is 0.518. The molecule has 1 unspecified atom stereocenters. The van der Waals surface area contributed by atoms with Gasteiger partial charge in [0.15, 0.2) is 5.82 Å². The Labute approximate surface area is 87.2 Å². The monoisotopic (exact) mass is 207 g/mol. The molecule has 0 spiro atoms.